The quantitative estimate of drug-likeness (QED) is 0.846. The van der Waals surface area contributed by atoms with E-state index in [1.807, 2.05) is 0 Å². The monoisotopic (exact) mass is 263 g/mol. The first kappa shape index (κ1) is 14.3. The van der Waals surface area contributed by atoms with Crippen molar-refractivity contribution in [2.24, 2.45) is 11.8 Å². The van der Waals surface area contributed by atoms with Crippen molar-refractivity contribution >= 4 is 5.91 Å². The SMILES string of the molecule is CC(=O)NCC1CCN(C2CCCCC2C#N)CC1. The molecule has 1 aliphatic carbocycles. The Morgan fingerprint density at radius 2 is 1.95 bits per heavy atom. The third kappa shape index (κ3) is 3.94. The van der Waals surface area contributed by atoms with E-state index in [1.165, 1.54) is 19.3 Å². The topological polar surface area (TPSA) is 56.1 Å². The standard InChI is InChI=1S/C15H25N3O/c1-12(19)17-11-13-6-8-18(9-7-13)15-5-3-2-4-14(15)10-16/h13-15H,2-9,11H2,1H3,(H,17,19). The Bertz CT molecular complexity index is 342. The number of nitriles is 1. The van der Waals surface area contributed by atoms with Crippen molar-refractivity contribution < 1.29 is 4.79 Å². The first-order valence-electron chi connectivity index (χ1n) is 7.59. The number of nitrogens with one attached hydrogen (secondary N) is 1. The van der Waals surface area contributed by atoms with Gasteiger partial charge in [-0.25, -0.2) is 0 Å². The summed E-state index contributed by atoms with van der Waals surface area (Å²) < 4.78 is 0. The minimum absolute atomic E-state index is 0.0688. The average Bonchev–Trinajstić information content (AvgIpc) is 2.45. The second-order valence-corrected chi connectivity index (χ2v) is 6.00. The van der Waals surface area contributed by atoms with Crippen LogP contribution in [0.1, 0.15) is 45.4 Å². The van der Waals surface area contributed by atoms with Gasteiger partial charge in [0, 0.05) is 19.5 Å². The minimum Gasteiger partial charge on any atom is -0.356 e. The van der Waals surface area contributed by atoms with Gasteiger partial charge in [-0.15, -0.1) is 0 Å². The maximum Gasteiger partial charge on any atom is 0.216 e. The summed E-state index contributed by atoms with van der Waals surface area (Å²) in [7, 11) is 0. The molecule has 1 saturated heterocycles. The zero-order chi connectivity index (χ0) is 13.7. The van der Waals surface area contributed by atoms with Crippen molar-refractivity contribution in [2.45, 2.75) is 51.5 Å². The maximum atomic E-state index is 10.9. The van der Waals surface area contributed by atoms with Crippen LogP contribution in [-0.2, 0) is 4.79 Å². The van der Waals surface area contributed by atoms with E-state index in [2.05, 4.69) is 16.3 Å². The van der Waals surface area contributed by atoms with Crippen molar-refractivity contribution in [2.75, 3.05) is 19.6 Å². The Hall–Kier alpha value is -1.08. The summed E-state index contributed by atoms with van der Waals surface area (Å²) in [5.74, 6) is 0.921. The highest BCUT2D eigenvalue weighted by Crippen LogP contribution is 2.30. The molecule has 0 radical (unpaired) electrons. The van der Waals surface area contributed by atoms with Crippen LogP contribution in [0.5, 0.6) is 0 Å². The molecule has 1 amide bonds. The fourth-order valence-corrected chi connectivity index (χ4v) is 3.48. The number of rotatable bonds is 3. The van der Waals surface area contributed by atoms with Crippen molar-refractivity contribution in [1.29, 1.82) is 5.26 Å². The predicted octanol–water partition coefficient (Wildman–Crippen LogP) is 1.92. The number of likely N-dealkylation sites (tertiary alicyclic amines) is 1. The summed E-state index contributed by atoms with van der Waals surface area (Å²) >= 11 is 0. The largest absolute Gasteiger partial charge is 0.356 e. The number of carbonyl (C=O) groups is 1. The molecule has 0 aromatic rings. The van der Waals surface area contributed by atoms with Crippen LogP contribution in [0.25, 0.3) is 0 Å². The van der Waals surface area contributed by atoms with E-state index in [0.717, 1.165) is 38.9 Å². The van der Waals surface area contributed by atoms with Crippen LogP contribution < -0.4 is 5.32 Å². The van der Waals surface area contributed by atoms with Crippen LogP contribution in [0, 0.1) is 23.2 Å². The van der Waals surface area contributed by atoms with Gasteiger partial charge in [0.2, 0.25) is 5.91 Å². The van der Waals surface area contributed by atoms with Crippen LogP contribution in [0.4, 0.5) is 0 Å². The predicted molar refractivity (Wildman–Crippen MR) is 74.3 cm³/mol. The highest BCUT2D eigenvalue weighted by atomic mass is 16.1. The maximum absolute atomic E-state index is 10.9. The smallest absolute Gasteiger partial charge is 0.216 e. The highest BCUT2D eigenvalue weighted by molar-refractivity contribution is 5.72. The number of piperidine rings is 1. The van der Waals surface area contributed by atoms with Crippen LogP contribution in [0.15, 0.2) is 0 Å². The van der Waals surface area contributed by atoms with Gasteiger partial charge in [0.15, 0.2) is 0 Å². The molecule has 1 heterocycles. The number of hydrogen-bond acceptors (Lipinski definition) is 3. The number of nitrogens with zero attached hydrogens (tertiary/aromatic N) is 2. The third-order valence-corrected chi connectivity index (χ3v) is 4.65. The first-order valence-corrected chi connectivity index (χ1v) is 7.59. The van der Waals surface area contributed by atoms with Gasteiger partial charge in [0.05, 0.1) is 12.0 Å². The Morgan fingerprint density at radius 3 is 2.58 bits per heavy atom. The van der Waals surface area contributed by atoms with E-state index in [4.69, 9.17) is 0 Å². The van der Waals surface area contributed by atoms with Gasteiger partial charge in [-0.3, -0.25) is 9.69 Å². The third-order valence-electron chi connectivity index (χ3n) is 4.65. The van der Waals surface area contributed by atoms with Gasteiger partial charge in [0.1, 0.15) is 0 Å². The summed E-state index contributed by atoms with van der Waals surface area (Å²) in [6.07, 6.45) is 7.05. The molecule has 0 aromatic heterocycles. The van der Waals surface area contributed by atoms with Gasteiger partial charge in [-0.05, 0) is 44.7 Å². The molecular weight excluding hydrogens is 238 g/mol. The minimum atomic E-state index is 0.0688. The van der Waals surface area contributed by atoms with Crippen molar-refractivity contribution in [1.82, 2.24) is 10.2 Å². The molecule has 2 unspecified atom stereocenters. The lowest BCUT2D eigenvalue weighted by Crippen LogP contribution is -2.47. The highest BCUT2D eigenvalue weighted by Gasteiger charge is 2.32. The number of hydrogen-bond donors (Lipinski definition) is 1. The molecule has 2 fully saturated rings. The summed E-state index contributed by atoms with van der Waals surface area (Å²) in [5.41, 5.74) is 0. The van der Waals surface area contributed by atoms with Crippen LogP contribution >= 0.6 is 0 Å². The van der Waals surface area contributed by atoms with Crippen molar-refractivity contribution in [3.05, 3.63) is 0 Å². The molecule has 0 bridgehead atoms. The zero-order valence-corrected chi connectivity index (χ0v) is 11.9. The van der Waals surface area contributed by atoms with E-state index in [1.54, 1.807) is 6.92 Å². The second-order valence-electron chi connectivity index (χ2n) is 6.00. The first-order chi connectivity index (χ1) is 9.20. The van der Waals surface area contributed by atoms with Gasteiger partial charge >= 0.3 is 0 Å². The zero-order valence-electron chi connectivity index (χ0n) is 11.9. The summed E-state index contributed by atoms with van der Waals surface area (Å²) in [6, 6.07) is 2.99. The summed E-state index contributed by atoms with van der Waals surface area (Å²) in [6.45, 7) is 4.57. The molecule has 19 heavy (non-hydrogen) atoms. The number of amides is 1. The molecule has 1 N–H and O–H groups in total. The Labute approximate surface area is 116 Å². The van der Waals surface area contributed by atoms with Gasteiger partial charge in [-0.1, -0.05) is 12.8 Å². The fraction of sp³-hybridized carbons (Fsp3) is 0.867. The fourth-order valence-electron chi connectivity index (χ4n) is 3.48. The van der Waals surface area contributed by atoms with Gasteiger partial charge < -0.3 is 5.32 Å². The normalized spacial score (nSPS) is 29.7. The Balaban J connectivity index is 1.79. The lowest BCUT2D eigenvalue weighted by molar-refractivity contribution is -0.119. The molecule has 0 aromatic carbocycles. The summed E-state index contributed by atoms with van der Waals surface area (Å²) in [4.78, 5) is 13.4. The van der Waals surface area contributed by atoms with E-state index < -0.39 is 0 Å². The molecule has 0 spiro atoms. The lowest BCUT2D eigenvalue weighted by atomic mass is 9.83. The average molecular weight is 263 g/mol. The van der Waals surface area contributed by atoms with Crippen LogP contribution in [-0.4, -0.2) is 36.5 Å². The molecular formula is C15H25N3O. The van der Waals surface area contributed by atoms with Crippen molar-refractivity contribution in [3.63, 3.8) is 0 Å². The van der Waals surface area contributed by atoms with Crippen molar-refractivity contribution in [3.8, 4) is 6.07 Å². The van der Waals surface area contributed by atoms with E-state index >= 15 is 0 Å². The van der Waals surface area contributed by atoms with Crippen LogP contribution in [0.3, 0.4) is 0 Å². The Kier molecular flexibility index (Phi) is 5.21. The molecule has 2 atom stereocenters. The number of carbonyl (C=O) groups excluding carboxylic acids is 1. The van der Waals surface area contributed by atoms with E-state index in [9.17, 15) is 10.1 Å². The van der Waals surface area contributed by atoms with Gasteiger partial charge in [0.25, 0.3) is 0 Å². The van der Waals surface area contributed by atoms with E-state index in [-0.39, 0.29) is 11.8 Å². The molecule has 4 nitrogen and oxygen atoms in total. The molecule has 4 heteroatoms. The molecule has 1 saturated carbocycles. The van der Waals surface area contributed by atoms with E-state index in [0.29, 0.717) is 12.0 Å². The second kappa shape index (κ2) is 6.91. The molecule has 1 aliphatic heterocycles. The lowest BCUT2D eigenvalue weighted by Gasteiger charge is -2.41. The molecule has 2 rings (SSSR count). The Morgan fingerprint density at radius 1 is 1.26 bits per heavy atom. The molecule has 106 valence electrons. The summed E-state index contributed by atoms with van der Waals surface area (Å²) in [5, 5.41) is 12.2. The van der Waals surface area contributed by atoms with Gasteiger partial charge in [-0.2, -0.15) is 5.26 Å². The molecule has 2 aliphatic rings. The van der Waals surface area contributed by atoms with Crippen LogP contribution in [0.2, 0.25) is 0 Å².